The lowest BCUT2D eigenvalue weighted by Gasteiger charge is -2.36. The van der Waals surface area contributed by atoms with Gasteiger partial charge < -0.3 is 24.3 Å². The summed E-state index contributed by atoms with van der Waals surface area (Å²) in [7, 11) is 1.97. The predicted octanol–water partition coefficient (Wildman–Crippen LogP) is 3.30. The van der Waals surface area contributed by atoms with Crippen molar-refractivity contribution in [3.05, 3.63) is 46.5 Å². The molecule has 1 atom stereocenters. The first-order valence-corrected chi connectivity index (χ1v) is 11.1. The summed E-state index contributed by atoms with van der Waals surface area (Å²) in [4.78, 5) is 7.18. The molecule has 2 heterocycles. The number of guanidine groups is 1. The average molecular weight is 556 g/mol. The van der Waals surface area contributed by atoms with Gasteiger partial charge in [-0.2, -0.15) is 0 Å². The maximum Gasteiger partial charge on any atom is 0.194 e. The number of benzene rings is 1. The molecule has 0 spiro atoms. The second-order valence-electron chi connectivity index (χ2n) is 8.01. The fourth-order valence-electron chi connectivity index (χ4n) is 3.74. The molecule has 1 N–H and O–H groups in total. The molecule has 2 aromatic rings. The molecular weight excluding hydrogens is 519 g/mol. The Morgan fingerprint density at radius 3 is 2.78 bits per heavy atom. The van der Waals surface area contributed by atoms with Crippen LogP contribution in [0.2, 0.25) is 0 Å². The number of rotatable bonds is 8. The Balaban J connectivity index is 0.00000363. The Bertz CT molecular complexity index is 885. The van der Waals surface area contributed by atoms with Gasteiger partial charge in [0, 0.05) is 33.4 Å². The number of morpholine rings is 1. The van der Waals surface area contributed by atoms with Crippen molar-refractivity contribution in [3.63, 3.8) is 0 Å². The number of aliphatic imine (C=N–C) groups is 1. The van der Waals surface area contributed by atoms with Crippen molar-refractivity contribution in [1.29, 1.82) is 0 Å². The largest absolute Gasteiger partial charge is 0.382 e. The number of ether oxygens (including phenoxy) is 2. The van der Waals surface area contributed by atoms with Crippen LogP contribution in [0.3, 0.4) is 0 Å². The number of hydrogen-bond donors (Lipinski definition) is 1. The van der Waals surface area contributed by atoms with E-state index in [2.05, 4.69) is 52.5 Å². The molecule has 1 aromatic carbocycles. The molecule has 9 heteroatoms. The third-order valence-corrected chi connectivity index (χ3v) is 5.64. The van der Waals surface area contributed by atoms with Crippen molar-refractivity contribution in [2.45, 2.75) is 46.8 Å². The molecule has 1 fully saturated rings. The van der Waals surface area contributed by atoms with E-state index in [0.29, 0.717) is 13.2 Å². The van der Waals surface area contributed by atoms with Crippen molar-refractivity contribution >= 4 is 29.9 Å². The highest BCUT2D eigenvalue weighted by molar-refractivity contribution is 14.0. The standard InChI is InChI=1S/C23H36N6O2.HI/c1-6-30-12-7-10-24-23(25-15-22-27-26-19(4)28(22)5)29-11-13-31-21(16-29)20-9-8-17(2)14-18(20)3;/h8-9,14,21H,6-7,10-13,15-16H2,1-5H3,(H,24,25);1H. The van der Waals surface area contributed by atoms with E-state index in [1.165, 1.54) is 16.7 Å². The van der Waals surface area contributed by atoms with Crippen LogP contribution in [0.15, 0.2) is 23.2 Å². The number of halogens is 1. The first-order chi connectivity index (χ1) is 15.0. The van der Waals surface area contributed by atoms with Crippen LogP contribution in [0, 0.1) is 20.8 Å². The molecule has 0 radical (unpaired) electrons. The second kappa shape index (κ2) is 13.1. The normalized spacial score (nSPS) is 16.7. The summed E-state index contributed by atoms with van der Waals surface area (Å²) in [6, 6.07) is 6.56. The molecular formula is C23H37IN6O2. The third-order valence-electron chi connectivity index (χ3n) is 5.64. The molecule has 0 aliphatic carbocycles. The molecule has 1 aliphatic rings. The van der Waals surface area contributed by atoms with E-state index in [-0.39, 0.29) is 30.1 Å². The first kappa shape index (κ1) is 26.5. The molecule has 1 aromatic heterocycles. The Morgan fingerprint density at radius 1 is 1.28 bits per heavy atom. The van der Waals surface area contributed by atoms with Gasteiger partial charge in [0.25, 0.3) is 0 Å². The van der Waals surface area contributed by atoms with Gasteiger partial charge in [0.05, 0.1) is 13.2 Å². The molecule has 1 aliphatic heterocycles. The predicted molar refractivity (Wildman–Crippen MR) is 138 cm³/mol. The number of nitrogens with one attached hydrogen (secondary N) is 1. The molecule has 0 amide bonds. The van der Waals surface area contributed by atoms with Gasteiger partial charge >= 0.3 is 0 Å². The van der Waals surface area contributed by atoms with Gasteiger partial charge in [-0.1, -0.05) is 23.8 Å². The number of aryl methyl sites for hydroxylation is 3. The van der Waals surface area contributed by atoms with Crippen LogP contribution in [0.5, 0.6) is 0 Å². The zero-order valence-corrected chi connectivity index (χ0v) is 22.3. The number of aromatic nitrogens is 3. The van der Waals surface area contributed by atoms with Gasteiger partial charge in [-0.3, -0.25) is 0 Å². The van der Waals surface area contributed by atoms with Crippen molar-refractivity contribution < 1.29 is 9.47 Å². The Labute approximate surface area is 208 Å². The fourth-order valence-corrected chi connectivity index (χ4v) is 3.74. The van der Waals surface area contributed by atoms with Crippen LogP contribution >= 0.6 is 24.0 Å². The van der Waals surface area contributed by atoms with Crippen molar-refractivity contribution in [2.24, 2.45) is 12.0 Å². The highest BCUT2D eigenvalue weighted by Gasteiger charge is 2.25. The van der Waals surface area contributed by atoms with Crippen LogP contribution in [-0.4, -0.2) is 65.1 Å². The number of nitrogens with zero attached hydrogens (tertiary/aromatic N) is 5. The lowest BCUT2D eigenvalue weighted by atomic mass is 10.00. The Kier molecular flexibility index (Phi) is 10.9. The Hall–Kier alpha value is -1.72. The van der Waals surface area contributed by atoms with E-state index >= 15 is 0 Å². The van der Waals surface area contributed by atoms with Gasteiger partial charge in [0.2, 0.25) is 0 Å². The monoisotopic (exact) mass is 556 g/mol. The SMILES string of the molecule is CCOCCCNC(=NCc1nnc(C)n1C)N1CCOC(c2ccc(C)cc2C)C1.I. The van der Waals surface area contributed by atoms with E-state index in [1.54, 1.807) is 0 Å². The maximum absolute atomic E-state index is 6.14. The lowest BCUT2D eigenvalue weighted by Crippen LogP contribution is -2.48. The van der Waals surface area contributed by atoms with Crippen molar-refractivity contribution in [3.8, 4) is 0 Å². The summed E-state index contributed by atoms with van der Waals surface area (Å²) in [5.74, 6) is 2.62. The van der Waals surface area contributed by atoms with Crippen LogP contribution < -0.4 is 5.32 Å². The maximum atomic E-state index is 6.14. The summed E-state index contributed by atoms with van der Waals surface area (Å²) in [5, 5.41) is 11.9. The minimum atomic E-state index is 0. The molecule has 0 bridgehead atoms. The summed E-state index contributed by atoms with van der Waals surface area (Å²) < 4.78 is 13.6. The van der Waals surface area contributed by atoms with Gasteiger partial charge in [-0.05, 0) is 45.2 Å². The van der Waals surface area contributed by atoms with Gasteiger partial charge in [-0.25, -0.2) is 4.99 Å². The fraction of sp³-hybridized carbons (Fsp3) is 0.609. The van der Waals surface area contributed by atoms with E-state index in [1.807, 2.05) is 25.5 Å². The quantitative estimate of drug-likeness (QED) is 0.233. The zero-order valence-electron chi connectivity index (χ0n) is 19.9. The van der Waals surface area contributed by atoms with Crippen molar-refractivity contribution in [2.75, 3.05) is 39.5 Å². The summed E-state index contributed by atoms with van der Waals surface area (Å²) in [5.41, 5.74) is 3.78. The molecule has 178 valence electrons. The van der Waals surface area contributed by atoms with Crippen molar-refractivity contribution in [1.82, 2.24) is 25.0 Å². The molecule has 32 heavy (non-hydrogen) atoms. The minimum Gasteiger partial charge on any atom is -0.382 e. The average Bonchev–Trinajstić information content (AvgIpc) is 3.08. The van der Waals surface area contributed by atoms with Crippen LogP contribution in [-0.2, 0) is 23.1 Å². The molecule has 8 nitrogen and oxygen atoms in total. The van der Waals surface area contributed by atoms with E-state index in [4.69, 9.17) is 14.5 Å². The van der Waals surface area contributed by atoms with Gasteiger partial charge in [-0.15, -0.1) is 34.2 Å². The highest BCUT2D eigenvalue weighted by Crippen LogP contribution is 2.26. The first-order valence-electron chi connectivity index (χ1n) is 11.1. The van der Waals surface area contributed by atoms with E-state index < -0.39 is 0 Å². The summed E-state index contributed by atoms with van der Waals surface area (Å²) in [6.07, 6.45) is 0.961. The number of hydrogen-bond acceptors (Lipinski definition) is 5. The van der Waals surface area contributed by atoms with E-state index in [0.717, 1.165) is 56.9 Å². The third kappa shape index (κ3) is 7.14. The van der Waals surface area contributed by atoms with Gasteiger partial charge in [0.15, 0.2) is 11.8 Å². The van der Waals surface area contributed by atoms with Gasteiger partial charge in [0.1, 0.15) is 18.5 Å². The molecule has 3 rings (SSSR count). The van der Waals surface area contributed by atoms with Crippen LogP contribution in [0.4, 0.5) is 0 Å². The smallest absolute Gasteiger partial charge is 0.194 e. The lowest BCUT2D eigenvalue weighted by molar-refractivity contribution is -0.00841. The molecule has 1 unspecified atom stereocenters. The second-order valence-corrected chi connectivity index (χ2v) is 8.01. The molecule has 1 saturated heterocycles. The summed E-state index contributed by atoms with van der Waals surface area (Å²) >= 11 is 0. The minimum absolute atomic E-state index is 0. The topological polar surface area (TPSA) is 76.8 Å². The zero-order chi connectivity index (χ0) is 22.2. The van der Waals surface area contributed by atoms with Crippen LogP contribution in [0.1, 0.15) is 47.8 Å². The van der Waals surface area contributed by atoms with Crippen LogP contribution in [0.25, 0.3) is 0 Å². The summed E-state index contributed by atoms with van der Waals surface area (Å²) in [6.45, 7) is 13.3. The highest BCUT2D eigenvalue weighted by atomic mass is 127. The molecule has 0 saturated carbocycles. The van der Waals surface area contributed by atoms with E-state index in [9.17, 15) is 0 Å². The Morgan fingerprint density at radius 2 is 2.09 bits per heavy atom.